The van der Waals surface area contributed by atoms with Gasteiger partial charge >= 0.3 is 0 Å². The lowest BCUT2D eigenvalue weighted by Gasteiger charge is -2.09. The van der Waals surface area contributed by atoms with Gasteiger partial charge in [0.2, 0.25) is 0 Å². The molecule has 0 aliphatic rings. The summed E-state index contributed by atoms with van der Waals surface area (Å²) < 4.78 is 16.7. The summed E-state index contributed by atoms with van der Waals surface area (Å²) in [7, 11) is 3.10. The number of carbonyl (C=O) groups is 1. The standard InChI is InChI=1S/C17H17BrN2O4/c1-22-15-8-3-5-12(17(15)23-2)10-19-20-16(21)11-24-14-7-4-6-13(18)9-14/h3-10H,11H2,1-2H3,(H,20,21)/b19-10+. The van der Waals surface area contributed by atoms with Crippen molar-refractivity contribution in [3.8, 4) is 17.2 Å². The van der Waals surface area contributed by atoms with E-state index in [0.717, 1.165) is 4.47 Å². The first-order chi connectivity index (χ1) is 11.6. The second-order valence-corrected chi connectivity index (χ2v) is 5.54. The first kappa shape index (κ1) is 17.8. The molecule has 7 heteroatoms. The number of halogens is 1. The fourth-order valence-corrected chi connectivity index (χ4v) is 2.30. The molecule has 1 amide bonds. The number of nitrogens with one attached hydrogen (secondary N) is 1. The Bertz CT molecular complexity index is 734. The van der Waals surface area contributed by atoms with Crippen LogP contribution in [-0.4, -0.2) is 32.9 Å². The summed E-state index contributed by atoms with van der Waals surface area (Å²) in [5.74, 6) is 1.36. The maximum atomic E-state index is 11.8. The highest BCUT2D eigenvalue weighted by molar-refractivity contribution is 9.10. The van der Waals surface area contributed by atoms with Gasteiger partial charge in [0.1, 0.15) is 5.75 Å². The Morgan fingerprint density at radius 1 is 1.21 bits per heavy atom. The molecule has 0 aromatic heterocycles. The van der Waals surface area contributed by atoms with Gasteiger partial charge in [-0.25, -0.2) is 5.43 Å². The predicted molar refractivity (Wildman–Crippen MR) is 94.9 cm³/mol. The number of methoxy groups -OCH3 is 2. The summed E-state index contributed by atoms with van der Waals surface area (Å²) in [6.07, 6.45) is 1.48. The second-order valence-electron chi connectivity index (χ2n) is 4.62. The Hall–Kier alpha value is -2.54. The number of hydrazone groups is 1. The third kappa shape index (κ3) is 4.99. The first-order valence-electron chi connectivity index (χ1n) is 7.05. The minimum Gasteiger partial charge on any atom is -0.493 e. The van der Waals surface area contributed by atoms with Gasteiger partial charge in [-0.05, 0) is 30.3 Å². The van der Waals surface area contributed by atoms with Crippen LogP contribution in [-0.2, 0) is 4.79 Å². The second kappa shape index (κ2) is 8.93. The van der Waals surface area contributed by atoms with Crippen LogP contribution in [0.1, 0.15) is 5.56 Å². The molecule has 6 nitrogen and oxygen atoms in total. The molecule has 0 saturated heterocycles. The van der Waals surface area contributed by atoms with Gasteiger partial charge in [-0.3, -0.25) is 4.79 Å². The Labute approximate surface area is 148 Å². The smallest absolute Gasteiger partial charge is 0.277 e. The molecular formula is C17H17BrN2O4. The molecule has 0 bridgehead atoms. The van der Waals surface area contributed by atoms with E-state index in [4.69, 9.17) is 14.2 Å². The van der Waals surface area contributed by atoms with Crippen LogP contribution in [0.25, 0.3) is 0 Å². The van der Waals surface area contributed by atoms with Gasteiger partial charge in [0.25, 0.3) is 5.91 Å². The number of carbonyl (C=O) groups excluding carboxylic acids is 1. The maximum Gasteiger partial charge on any atom is 0.277 e. The van der Waals surface area contributed by atoms with Crippen molar-refractivity contribution in [2.75, 3.05) is 20.8 Å². The zero-order valence-corrected chi connectivity index (χ0v) is 14.9. The lowest BCUT2D eigenvalue weighted by molar-refractivity contribution is -0.123. The first-order valence-corrected chi connectivity index (χ1v) is 7.84. The van der Waals surface area contributed by atoms with E-state index in [-0.39, 0.29) is 12.5 Å². The van der Waals surface area contributed by atoms with Crippen LogP contribution in [0.2, 0.25) is 0 Å². The number of ether oxygens (including phenoxy) is 3. The van der Waals surface area contributed by atoms with E-state index in [2.05, 4.69) is 26.5 Å². The summed E-state index contributed by atoms with van der Waals surface area (Å²) in [5, 5.41) is 3.91. The molecule has 0 spiro atoms. The molecule has 2 aromatic carbocycles. The van der Waals surface area contributed by atoms with Gasteiger partial charge in [0.05, 0.1) is 20.4 Å². The van der Waals surface area contributed by atoms with Crippen molar-refractivity contribution < 1.29 is 19.0 Å². The van der Waals surface area contributed by atoms with E-state index in [1.54, 1.807) is 44.6 Å². The van der Waals surface area contributed by atoms with Crippen LogP contribution in [0.3, 0.4) is 0 Å². The maximum absolute atomic E-state index is 11.8. The van der Waals surface area contributed by atoms with Crippen molar-refractivity contribution in [2.24, 2.45) is 5.10 Å². The molecule has 0 heterocycles. The van der Waals surface area contributed by atoms with E-state index >= 15 is 0 Å². The third-order valence-electron chi connectivity index (χ3n) is 2.99. The molecule has 0 radical (unpaired) electrons. The molecule has 126 valence electrons. The summed E-state index contributed by atoms with van der Waals surface area (Å²) in [5.41, 5.74) is 3.09. The van der Waals surface area contributed by atoms with Crippen LogP contribution in [0.4, 0.5) is 0 Å². The number of nitrogens with zero attached hydrogens (tertiary/aromatic N) is 1. The molecule has 1 N–H and O–H groups in total. The number of rotatable bonds is 7. The van der Waals surface area contributed by atoms with Crippen molar-refractivity contribution in [1.29, 1.82) is 0 Å². The molecule has 0 saturated carbocycles. The summed E-state index contributed by atoms with van der Waals surface area (Å²) in [4.78, 5) is 11.8. The van der Waals surface area contributed by atoms with E-state index in [0.29, 0.717) is 22.8 Å². The lowest BCUT2D eigenvalue weighted by atomic mass is 10.2. The highest BCUT2D eigenvalue weighted by Gasteiger charge is 2.07. The molecule has 2 rings (SSSR count). The Morgan fingerprint density at radius 3 is 2.71 bits per heavy atom. The van der Waals surface area contributed by atoms with Gasteiger partial charge in [0, 0.05) is 10.0 Å². The van der Waals surface area contributed by atoms with Gasteiger partial charge in [-0.15, -0.1) is 0 Å². The molecule has 0 atom stereocenters. The molecule has 0 aliphatic carbocycles. The average Bonchev–Trinajstić information content (AvgIpc) is 2.59. The number of para-hydroxylation sites is 1. The minimum atomic E-state index is -0.368. The quantitative estimate of drug-likeness (QED) is 0.580. The predicted octanol–water partition coefficient (Wildman–Crippen LogP) is 3.00. The Morgan fingerprint density at radius 2 is 2.00 bits per heavy atom. The van der Waals surface area contributed by atoms with Gasteiger partial charge < -0.3 is 14.2 Å². The van der Waals surface area contributed by atoms with Crippen molar-refractivity contribution in [2.45, 2.75) is 0 Å². The monoisotopic (exact) mass is 392 g/mol. The summed E-state index contributed by atoms with van der Waals surface area (Å²) in [6, 6.07) is 12.6. The lowest BCUT2D eigenvalue weighted by Crippen LogP contribution is -2.24. The minimum absolute atomic E-state index is 0.136. The van der Waals surface area contributed by atoms with Crippen molar-refractivity contribution >= 4 is 28.1 Å². The molecule has 0 aliphatic heterocycles. The Balaban J connectivity index is 1.91. The van der Waals surface area contributed by atoms with Crippen molar-refractivity contribution in [3.63, 3.8) is 0 Å². The number of hydrogen-bond donors (Lipinski definition) is 1. The van der Waals surface area contributed by atoms with Gasteiger partial charge in [-0.2, -0.15) is 5.10 Å². The van der Waals surface area contributed by atoms with Crippen LogP contribution in [0.5, 0.6) is 17.2 Å². The summed E-state index contributed by atoms with van der Waals surface area (Å²) >= 11 is 3.34. The SMILES string of the molecule is COc1cccc(/C=N/NC(=O)COc2cccc(Br)c2)c1OC. The molecule has 24 heavy (non-hydrogen) atoms. The van der Waals surface area contributed by atoms with E-state index < -0.39 is 0 Å². The highest BCUT2D eigenvalue weighted by Crippen LogP contribution is 2.29. The van der Waals surface area contributed by atoms with Gasteiger partial charge in [-0.1, -0.05) is 28.1 Å². The zero-order valence-electron chi connectivity index (χ0n) is 13.3. The van der Waals surface area contributed by atoms with Crippen molar-refractivity contribution in [3.05, 3.63) is 52.5 Å². The van der Waals surface area contributed by atoms with Crippen LogP contribution < -0.4 is 19.6 Å². The van der Waals surface area contributed by atoms with Crippen LogP contribution >= 0.6 is 15.9 Å². The van der Waals surface area contributed by atoms with Crippen molar-refractivity contribution in [1.82, 2.24) is 5.43 Å². The molecule has 0 fully saturated rings. The summed E-state index contributed by atoms with van der Waals surface area (Å²) in [6.45, 7) is -0.136. The van der Waals surface area contributed by atoms with Crippen LogP contribution in [0.15, 0.2) is 52.0 Å². The van der Waals surface area contributed by atoms with Crippen LogP contribution in [0, 0.1) is 0 Å². The fourth-order valence-electron chi connectivity index (χ4n) is 1.93. The van der Waals surface area contributed by atoms with Gasteiger partial charge in [0.15, 0.2) is 18.1 Å². The topological polar surface area (TPSA) is 69.2 Å². The average molecular weight is 393 g/mol. The number of amides is 1. The fraction of sp³-hybridized carbons (Fsp3) is 0.176. The highest BCUT2D eigenvalue weighted by atomic mass is 79.9. The Kier molecular flexibility index (Phi) is 6.62. The zero-order chi connectivity index (χ0) is 17.4. The number of hydrogen-bond acceptors (Lipinski definition) is 5. The largest absolute Gasteiger partial charge is 0.493 e. The van der Waals surface area contributed by atoms with E-state index in [1.165, 1.54) is 6.21 Å². The third-order valence-corrected chi connectivity index (χ3v) is 3.49. The molecule has 2 aromatic rings. The van der Waals surface area contributed by atoms with E-state index in [1.807, 2.05) is 12.1 Å². The number of benzene rings is 2. The normalized spacial score (nSPS) is 10.5. The van der Waals surface area contributed by atoms with E-state index in [9.17, 15) is 4.79 Å². The molecule has 0 unspecified atom stereocenters. The molecular weight excluding hydrogens is 376 g/mol.